The number of carbonyl (C=O) groups is 4. The van der Waals surface area contributed by atoms with Crippen LogP contribution in [0.5, 0.6) is 0 Å². The van der Waals surface area contributed by atoms with Gasteiger partial charge >= 0.3 is 23.9 Å². The van der Waals surface area contributed by atoms with E-state index >= 15 is 0 Å². The summed E-state index contributed by atoms with van der Waals surface area (Å²) in [6.45, 7) is 34.3. The van der Waals surface area contributed by atoms with Crippen LogP contribution < -0.4 is 21.3 Å². The Morgan fingerprint density at radius 3 is 0.661 bits per heavy atom. The van der Waals surface area contributed by atoms with Gasteiger partial charge in [-0.25, -0.2) is 0 Å². The van der Waals surface area contributed by atoms with E-state index in [1.165, 1.54) is 0 Å². The minimum atomic E-state index is -0.318. The number of hydrogen-bond donors (Lipinski definition) is 4. The van der Waals surface area contributed by atoms with Gasteiger partial charge in [-0.05, 0) is 124 Å². The van der Waals surface area contributed by atoms with E-state index in [0.717, 1.165) is 89.9 Å². The summed E-state index contributed by atoms with van der Waals surface area (Å²) in [5, 5.41) is 14.4. The summed E-state index contributed by atoms with van der Waals surface area (Å²) in [5.41, 5.74) is -0.388. The Bertz CT molecular complexity index is 1320. The monoisotopic (exact) mass is 877 g/mol. The van der Waals surface area contributed by atoms with Crippen LogP contribution in [0.25, 0.3) is 0 Å². The van der Waals surface area contributed by atoms with Crippen LogP contribution in [0.2, 0.25) is 0 Å². The number of esters is 4. The summed E-state index contributed by atoms with van der Waals surface area (Å²) in [5.74, 6) is -0.765. The van der Waals surface area contributed by atoms with Crippen LogP contribution >= 0.6 is 0 Å². The number of nitrogens with one attached hydrogen (secondary N) is 4. The number of hydrogen-bond acceptors (Lipinski definition) is 12. The zero-order valence-electron chi connectivity index (χ0n) is 42.3. The lowest BCUT2D eigenvalue weighted by molar-refractivity contribution is -0.160. The average Bonchev–Trinajstić information content (AvgIpc) is 2.99. The standard InChI is InChI=1S/C28H52N2O4.C22H40N2O4/c1-25(2)17-21(18-26(3,4)29-25)33-23(31)15-13-11-9-10-12-14-16-24(32)34-22-19-27(5,6)30-28(7,8)20-22;1-19(2)11-15(12-20(3,4)23-19)27-17(25)9-10-18(26)28-16-13-21(5,6)24-22(7,8)14-16/h21-22,29-30H,9-20H2,1-8H3;15-16,23-24H,9-14H2,1-8H3. The molecule has 0 atom stereocenters. The van der Waals surface area contributed by atoms with Gasteiger partial charge in [0.05, 0.1) is 12.8 Å². The number of unbranched alkanes of at least 4 members (excludes halogenated alkanes) is 5. The first kappa shape index (κ1) is 54.1. The average molecular weight is 877 g/mol. The molecular formula is C50H92N4O8. The Kier molecular flexibility index (Phi) is 18.6. The van der Waals surface area contributed by atoms with Crippen molar-refractivity contribution < 1.29 is 38.1 Å². The van der Waals surface area contributed by atoms with E-state index in [1.54, 1.807) is 0 Å². The highest BCUT2D eigenvalue weighted by Crippen LogP contribution is 2.34. The molecule has 4 saturated heterocycles. The molecule has 4 aliphatic rings. The minimum absolute atomic E-state index is 0.000484. The molecule has 0 aromatic rings. The third-order valence-corrected chi connectivity index (χ3v) is 12.3. The number of piperidine rings is 4. The summed E-state index contributed by atoms with van der Waals surface area (Å²) in [4.78, 5) is 49.1. The number of carbonyl (C=O) groups excluding carboxylic acids is 4. The Hall–Kier alpha value is -2.28. The molecule has 0 bridgehead atoms. The van der Waals surface area contributed by atoms with Crippen molar-refractivity contribution in [1.29, 1.82) is 0 Å². The zero-order valence-corrected chi connectivity index (χ0v) is 42.3. The second-order valence-electron chi connectivity index (χ2n) is 24.8. The molecule has 0 radical (unpaired) electrons. The van der Waals surface area contributed by atoms with E-state index in [2.05, 4.69) is 132 Å². The quantitative estimate of drug-likeness (QED) is 0.0664. The molecule has 0 amide bonds. The molecule has 4 heterocycles. The van der Waals surface area contributed by atoms with Gasteiger partial charge in [-0.1, -0.05) is 25.7 Å². The van der Waals surface area contributed by atoms with Crippen molar-refractivity contribution in [3.63, 3.8) is 0 Å². The van der Waals surface area contributed by atoms with Gasteiger partial charge in [0.15, 0.2) is 0 Å². The molecule has 0 aromatic heterocycles. The van der Waals surface area contributed by atoms with Crippen molar-refractivity contribution in [2.24, 2.45) is 0 Å². The molecule has 12 heteroatoms. The second-order valence-corrected chi connectivity index (χ2v) is 24.8. The minimum Gasteiger partial charge on any atom is -0.462 e. The Morgan fingerprint density at radius 2 is 0.468 bits per heavy atom. The van der Waals surface area contributed by atoms with Gasteiger partial charge in [0.2, 0.25) is 0 Å². The fraction of sp³-hybridized carbons (Fsp3) is 0.920. The predicted molar refractivity (Wildman–Crippen MR) is 248 cm³/mol. The van der Waals surface area contributed by atoms with Gasteiger partial charge in [-0.2, -0.15) is 0 Å². The van der Waals surface area contributed by atoms with Crippen molar-refractivity contribution in [2.45, 2.75) is 295 Å². The first-order chi connectivity index (χ1) is 28.1. The predicted octanol–water partition coefficient (Wildman–Crippen LogP) is 9.28. The van der Waals surface area contributed by atoms with E-state index in [-0.39, 0.29) is 105 Å². The SMILES string of the molecule is CC1(C)CC(OC(=O)CCC(=O)OC2CC(C)(C)NC(C)(C)C2)CC(C)(C)N1.CC1(C)CC(OC(=O)CCCCCCCCC(=O)OC2CC(C)(C)NC(C)(C)C2)CC(C)(C)N1. The first-order valence-electron chi connectivity index (χ1n) is 24.1. The van der Waals surface area contributed by atoms with Gasteiger partial charge in [0.25, 0.3) is 0 Å². The lowest BCUT2D eigenvalue weighted by atomic mass is 9.81. The third kappa shape index (κ3) is 21.1. The highest BCUT2D eigenvalue weighted by atomic mass is 16.6. The van der Waals surface area contributed by atoms with Crippen LogP contribution in [0.4, 0.5) is 0 Å². The van der Waals surface area contributed by atoms with Crippen molar-refractivity contribution in [3.05, 3.63) is 0 Å². The number of ether oxygens (including phenoxy) is 4. The third-order valence-electron chi connectivity index (χ3n) is 12.3. The van der Waals surface area contributed by atoms with Crippen molar-refractivity contribution in [2.75, 3.05) is 0 Å². The van der Waals surface area contributed by atoms with Gasteiger partial charge in [0.1, 0.15) is 24.4 Å². The summed E-state index contributed by atoms with van der Waals surface area (Å²) < 4.78 is 22.9. The van der Waals surface area contributed by atoms with Crippen LogP contribution in [0.3, 0.4) is 0 Å². The van der Waals surface area contributed by atoms with Gasteiger partial charge in [-0.3, -0.25) is 19.2 Å². The first-order valence-corrected chi connectivity index (χ1v) is 24.1. The highest BCUT2D eigenvalue weighted by Gasteiger charge is 2.42. The van der Waals surface area contributed by atoms with E-state index in [0.29, 0.717) is 12.8 Å². The van der Waals surface area contributed by atoms with Gasteiger partial charge in [-0.15, -0.1) is 0 Å². The molecule has 4 rings (SSSR count). The molecule has 360 valence electrons. The maximum Gasteiger partial charge on any atom is 0.306 e. The van der Waals surface area contributed by atoms with E-state index in [1.807, 2.05) is 0 Å². The molecule has 4 N–H and O–H groups in total. The fourth-order valence-corrected chi connectivity index (χ4v) is 11.7. The zero-order chi connectivity index (χ0) is 47.0. The number of rotatable bonds is 16. The molecule has 0 spiro atoms. The fourth-order valence-electron chi connectivity index (χ4n) is 11.7. The largest absolute Gasteiger partial charge is 0.462 e. The molecule has 62 heavy (non-hydrogen) atoms. The van der Waals surface area contributed by atoms with E-state index in [4.69, 9.17) is 18.9 Å². The van der Waals surface area contributed by atoms with E-state index in [9.17, 15) is 19.2 Å². The van der Waals surface area contributed by atoms with Crippen molar-refractivity contribution in [3.8, 4) is 0 Å². The molecular weight excluding hydrogens is 785 g/mol. The van der Waals surface area contributed by atoms with Crippen LogP contribution in [-0.2, 0) is 38.1 Å². The molecule has 4 fully saturated rings. The maximum absolute atomic E-state index is 12.3. The van der Waals surface area contributed by atoms with E-state index < -0.39 is 0 Å². The Balaban J connectivity index is 0.000000336. The smallest absolute Gasteiger partial charge is 0.306 e. The van der Waals surface area contributed by atoms with Crippen LogP contribution in [0.1, 0.15) is 226 Å². The molecule has 0 aromatic carbocycles. The summed E-state index contributed by atoms with van der Waals surface area (Å²) >= 11 is 0. The second kappa shape index (κ2) is 21.4. The Labute approximate surface area is 377 Å². The lowest BCUT2D eigenvalue weighted by Crippen LogP contribution is -2.59. The molecule has 12 nitrogen and oxygen atoms in total. The molecule has 0 unspecified atom stereocenters. The molecule has 0 saturated carbocycles. The highest BCUT2D eigenvalue weighted by molar-refractivity contribution is 5.78. The maximum atomic E-state index is 12.3. The molecule has 0 aliphatic carbocycles. The van der Waals surface area contributed by atoms with Crippen LogP contribution in [0, 0.1) is 0 Å². The summed E-state index contributed by atoms with van der Waals surface area (Å²) in [6, 6.07) is 0. The van der Waals surface area contributed by atoms with Crippen LogP contribution in [0.15, 0.2) is 0 Å². The molecule has 4 aliphatic heterocycles. The van der Waals surface area contributed by atoms with Crippen LogP contribution in [-0.4, -0.2) is 92.6 Å². The van der Waals surface area contributed by atoms with Crippen molar-refractivity contribution >= 4 is 23.9 Å². The lowest BCUT2D eigenvalue weighted by Gasteiger charge is -2.46. The van der Waals surface area contributed by atoms with Gasteiger partial charge in [0, 0.05) is 109 Å². The summed E-state index contributed by atoms with van der Waals surface area (Å²) in [6.07, 6.45) is 13.4. The Morgan fingerprint density at radius 1 is 0.306 bits per heavy atom. The van der Waals surface area contributed by atoms with Gasteiger partial charge < -0.3 is 40.2 Å². The normalized spacial score (nSPS) is 25.0. The topological polar surface area (TPSA) is 153 Å². The van der Waals surface area contributed by atoms with Crippen molar-refractivity contribution in [1.82, 2.24) is 21.3 Å². The summed E-state index contributed by atoms with van der Waals surface area (Å²) in [7, 11) is 0.